The Morgan fingerprint density at radius 2 is 1.86 bits per heavy atom. The first-order valence-corrected chi connectivity index (χ1v) is 10.7. The highest BCUT2D eigenvalue weighted by atomic mass is 35.5. The van der Waals surface area contributed by atoms with Gasteiger partial charge >= 0.3 is 0 Å². The van der Waals surface area contributed by atoms with Crippen LogP contribution in [0.25, 0.3) is 0 Å². The molecule has 0 aliphatic carbocycles. The van der Waals surface area contributed by atoms with E-state index in [0.29, 0.717) is 11.2 Å². The van der Waals surface area contributed by atoms with E-state index in [1.807, 2.05) is 37.3 Å². The van der Waals surface area contributed by atoms with Gasteiger partial charge in [0.1, 0.15) is 11.8 Å². The number of ether oxygens (including phenoxy) is 1. The summed E-state index contributed by atoms with van der Waals surface area (Å²) in [5.41, 5.74) is 3.25. The molecular weight excluding hydrogens is 390 g/mol. The molecule has 1 saturated heterocycles. The van der Waals surface area contributed by atoms with E-state index in [2.05, 4.69) is 22.8 Å². The first kappa shape index (κ1) is 20.9. The van der Waals surface area contributed by atoms with Crippen LogP contribution in [0.3, 0.4) is 0 Å². The summed E-state index contributed by atoms with van der Waals surface area (Å²) in [5, 5.41) is 8.08. The standard InChI is InChI=1S/C22H28ClN3OS/c1-16-19(23)7-6-8-20(16)25-22(28)24-15-21(26-13-4-3-5-14-26)17-9-11-18(27-2)12-10-17/h6-12,21H,3-5,13-15H2,1-2H3,(H2,24,25,28)/p+1/t21-/m0/s1. The number of methoxy groups -OCH3 is 1. The van der Waals surface area contributed by atoms with Crippen LogP contribution in [0.1, 0.15) is 36.4 Å². The second-order valence-corrected chi connectivity index (χ2v) is 8.11. The molecule has 0 amide bonds. The third-order valence-corrected chi connectivity index (χ3v) is 6.15. The molecule has 2 aromatic carbocycles. The number of hydrogen-bond donors (Lipinski definition) is 3. The number of thiocarbonyl (C=S) groups is 1. The largest absolute Gasteiger partial charge is 0.497 e. The molecule has 1 fully saturated rings. The van der Waals surface area contributed by atoms with Crippen molar-refractivity contribution in [2.45, 2.75) is 32.2 Å². The molecule has 0 spiro atoms. The summed E-state index contributed by atoms with van der Waals surface area (Å²) < 4.78 is 5.32. The van der Waals surface area contributed by atoms with Gasteiger partial charge in [-0.1, -0.05) is 17.7 Å². The van der Waals surface area contributed by atoms with Crippen LogP contribution in [0.5, 0.6) is 5.75 Å². The van der Waals surface area contributed by atoms with E-state index in [9.17, 15) is 0 Å². The fourth-order valence-corrected chi connectivity index (χ4v) is 4.16. The number of rotatable bonds is 6. The molecule has 4 nitrogen and oxygen atoms in total. The SMILES string of the molecule is COc1ccc([C@H](CNC(=S)Nc2cccc(Cl)c2C)[NH+]2CCCCC2)cc1. The van der Waals surface area contributed by atoms with Crippen molar-refractivity contribution >= 4 is 34.6 Å². The molecule has 1 heterocycles. The maximum Gasteiger partial charge on any atom is 0.171 e. The molecule has 1 aliphatic rings. The number of piperidine rings is 1. The van der Waals surface area contributed by atoms with E-state index in [0.717, 1.165) is 28.6 Å². The van der Waals surface area contributed by atoms with Crippen LogP contribution < -0.4 is 20.3 Å². The predicted octanol–water partition coefficient (Wildman–Crippen LogP) is 3.75. The average Bonchev–Trinajstić information content (AvgIpc) is 2.73. The maximum absolute atomic E-state index is 6.21. The van der Waals surface area contributed by atoms with E-state index in [1.54, 1.807) is 12.0 Å². The lowest BCUT2D eigenvalue weighted by atomic mass is 10.0. The van der Waals surface area contributed by atoms with Crippen molar-refractivity contribution in [3.8, 4) is 5.75 Å². The van der Waals surface area contributed by atoms with Crippen molar-refractivity contribution in [3.05, 3.63) is 58.6 Å². The molecule has 0 unspecified atom stereocenters. The van der Waals surface area contributed by atoms with E-state index >= 15 is 0 Å². The summed E-state index contributed by atoms with van der Waals surface area (Å²) in [6.07, 6.45) is 3.90. The summed E-state index contributed by atoms with van der Waals surface area (Å²) >= 11 is 11.8. The molecule has 1 atom stereocenters. The molecule has 28 heavy (non-hydrogen) atoms. The second-order valence-electron chi connectivity index (χ2n) is 7.29. The molecule has 0 saturated carbocycles. The Bertz CT molecular complexity index is 791. The summed E-state index contributed by atoms with van der Waals surface area (Å²) in [7, 11) is 1.70. The van der Waals surface area contributed by atoms with Gasteiger partial charge in [0.2, 0.25) is 0 Å². The average molecular weight is 419 g/mol. The van der Waals surface area contributed by atoms with E-state index in [-0.39, 0.29) is 0 Å². The van der Waals surface area contributed by atoms with E-state index in [4.69, 9.17) is 28.6 Å². The Kier molecular flexibility index (Phi) is 7.54. The zero-order chi connectivity index (χ0) is 19.9. The van der Waals surface area contributed by atoms with Crippen LogP contribution in [-0.2, 0) is 0 Å². The Hall–Kier alpha value is -1.82. The van der Waals surface area contributed by atoms with E-state index in [1.165, 1.54) is 37.9 Å². The normalized spacial score (nSPS) is 15.7. The van der Waals surface area contributed by atoms with Crippen molar-refractivity contribution < 1.29 is 9.64 Å². The van der Waals surface area contributed by atoms with Gasteiger partial charge in [-0.3, -0.25) is 0 Å². The second kappa shape index (κ2) is 10.1. The van der Waals surface area contributed by atoms with Crippen LogP contribution in [-0.4, -0.2) is 31.9 Å². The Labute approximate surface area is 178 Å². The Morgan fingerprint density at radius 3 is 2.54 bits per heavy atom. The van der Waals surface area contributed by atoms with Gasteiger partial charge in [0.05, 0.1) is 26.7 Å². The third-order valence-electron chi connectivity index (χ3n) is 5.49. The molecule has 3 rings (SSSR count). The van der Waals surface area contributed by atoms with Crippen LogP contribution >= 0.6 is 23.8 Å². The fourth-order valence-electron chi connectivity index (χ4n) is 3.79. The number of quaternary nitrogens is 1. The van der Waals surface area contributed by atoms with Gasteiger partial charge < -0.3 is 20.3 Å². The highest BCUT2D eigenvalue weighted by molar-refractivity contribution is 7.80. The highest BCUT2D eigenvalue weighted by Gasteiger charge is 2.26. The first-order valence-electron chi connectivity index (χ1n) is 9.87. The smallest absolute Gasteiger partial charge is 0.171 e. The van der Waals surface area contributed by atoms with Crippen LogP contribution in [0.15, 0.2) is 42.5 Å². The van der Waals surface area contributed by atoms with Gasteiger partial charge in [-0.25, -0.2) is 0 Å². The van der Waals surface area contributed by atoms with Crippen molar-refractivity contribution in [3.63, 3.8) is 0 Å². The topological polar surface area (TPSA) is 37.7 Å². The molecule has 2 aromatic rings. The minimum Gasteiger partial charge on any atom is -0.497 e. The van der Waals surface area contributed by atoms with Crippen molar-refractivity contribution in [1.29, 1.82) is 0 Å². The van der Waals surface area contributed by atoms with Crippen LogP contribution in [0.4, 0.5) is 5.69 Å². The summed E-state index contributed by atoms with van der Waals surface area (Å²) in [6, 6.07) is 14.6. The van der Waals surface area contributed by atoms with Gasteiger partial charge in [-0.15, -0.1) is 0 Å². The van der Waals surface area contributed by atoms with Crippen molar-refractivity contribution in [1.82, 2.24) is 5.32 Å². The summed E-state index contributed by atoms with van der Waals surface area (Å²) in [4.78, 5) is 1.62. The van der Waals surface area contributed by atoms with E-state index < -0.39 is 0 Å². The quantitative estimate of drug-likeness (QED) is 0.624. The van der Waals surface area contributed by atoms with Crippen LogP contribution in [0, 0.1) is 6.92 Å². The molecule has 6 heteroatoms. The van der Waals surface area contributed by atoms with Gasteiger partial charge in [0, 0.05) is 16.3 Å². The number of halogens is 1. The van der Waals surface area contributed by atoms with Gasteiger partial charge in [0.15, 0.2) is 5.11 Å². The zero-order valence-corrected chi connectivity index (χ0v) is 18.1. The minimum atomic E-state index is 0.353. The number of nitrogens with one attached hydrogen (secondary N) is 3. The molecule has 150 valence electrons. The van der Waals surface area contributed by atoms with Crippen molar-refractivity contribution in [2.75, 3.05) is 32.1 Å². The van der Waals surface area contributed by atoms with Gasteiger partial charge in [-0.05, 0) is 80.4 Å². The van der Waals surface area contributed by atoms with Gasteiger partial charge in [0.25, 0.3) is 0 Å². The van der Waals surface area contributed by atoms with Gasteiger partial charge in [-0.2, -0.15) is 0 Å². The highest BCUT2D eigenvalue weighted by Crippen LogP contribution is 2.23. The predicted molar refractivity (Wildman–Crippen MR) is 121 cm³/mol. The zero-order valence-electron chi connectivity index (χ0n) is 16.6. The number of likely N-dealkylation sites (tertiary alicyclic amines) is 1. The number of benzene rings is 2. The first-order chi connectivity index (χ1) is 13.6. The number of hydrogen-bond acceptors (Lipinski definition) is 2. The van der Waals surface area contributed by atoms with Crippen molar-refractivity contribution in [2.24, 2.45) is 0 Å². The third kappa shape index (κ3) is 5.37. The fraction of sp³-hybridized carbons (Fsp3) is 0.409. The molecule has 0 bridgehead atoms. The Balaban J connectivity index is 1.68. The molecule has 0 radical (unpaired) electrons. The molecule has 1 aliphatic heterocycles. The number of anilines is 1. The summed E-state index contributed by atoms with van der Waals surface area (Å²) in [5.74, 6) is 0.887. The van der Waals surface area contributed by atoms with Crippen LogP contribution in [0.2, 0.25) is 5.02 Å². The minimum absolute atomic E-state index is 0.353. The lowest BCUT2D eigenvalue weighted by molar-refractivity contribution is -0.934. The molecule has 3 N–H and O–H groups in total. The molecule has 0 aromatic heterocycles. The summed E-state index contributed by atoms with van der Waals surface area (Å²) in [6.45, 7) is 5.18. The Morgan fingerprint density at radius 1 is 1.14 bits per heavy atom. The molecular formula is C22H29ClN3OS+. The lowest BCUT2D eigenvalue weighted by Crippen LogP contribution is -3.13. The maximum atomic E-state index is 6.21. The lowest BCUT2D eigenvalue weighted by Gasteiger charge is -2.32. The monoisotopic (exact) mass is 418 g/mol.